The molecular formula is C59H79N13O12S2. The second-order valence-corrected chi connectivity index (χ2v) is 24.2. The fourth-order valence-electron chi connectivity index (χ4n) is 10.1. The molecule has 7 rings (SSSR count). The van der Waals surface area contributed by atoms with E-state index in [4.69, 9.17) is 5.73 Å². The van der Waals surface area contributed by atoms with Crippen LogP contribution in [0.3, 0.4) is 0 Å². The molecule has 5 aromatic rings. The molecule has 25 nitrogen and oxygen atoms in total. The number of aromatic amines is 1. The minimum atomic E-state index is -1.71. The maximum atomic E-state index is 15.1. The topological polar surface area (TPSA) is 386 Å². The highest BCUT2D eigenvalue weighted by molar-refractivity contribution is 8.76. The zero-order chi connectivity index (χ0) is 61.7. The second kappa shape index (κ2) is 32.9. The summed E-state index contributed by atoms with van der Waals surface area (Å²) in [5.41, 5.74) is 9.46. The number of aromatic nitrogens is 4. The average Bonchev–Trinajstić information content (AvgIpc) is 4.11. The summed E-state index contributed by atoms with van der Waals surface area (Å²) in [4.78, 5) is 120. The quantitative estimate of drug-likeness (QED) is 0.0354. The lowest BCUT2D eigenvalue weighted by Crippen LogP contribution is -2.62. The minimum Gasteiger partial charge on any atom is -0.394 e. The SMILES string of the molecule is CC(O)C(CO)NC(=O)C1CSSCC(NC(=O)C(Cc2ccccc2)NC(=O)Cn2nnc3c2CCCCCC3O)C(=O)NC(Cc2ccccc2)C(=O)NC(Cc2c[nH]c3ccccc23)C(=O)NC(CCCCN)C(=O)NC(C(C)O)C(=O)N1. The van der Waals surface area contributed by atoms with E-state index in [2.05, 4.69) is 57.8 Å². The van der Waals surface area contributed by atoms with Crippen LogP contribution in [0.5, 0.6) is 0 Å². The fourth-order valence-corrected chi connectivity index (χ4v) is 12.5. The van der Waals surface area contributed by atoms with Gasteiger partial charge in [0, 0.05) is 47.9 Å². The molecule has 1 aliphatic carbocycles. The Bertz CT molecular complexity index is 3080. The molecule has 27 heteroatoms. The number of nitrogens with zero attached hydrogens (tertiary/aromatic N) is 3. The minimum absolute atomic E-state index is 0.00173. The van der Waals surface area contributed by atoms with Crippen molar-refractivity contribution in [1.29, 1.82) is 0 Å². The van der Waals surface area contributed by atoms with Gasteiger partial charge in [-0.25, -0.2) is 4.68 Å². The van der Waals surface area contributed by atoms with Gasteiger partial charge in [-0.1, -0.05) is 119 Å². The number of aliphatic hydroxyl groups is 4. The number of aliphatic hydroxyl groups excluding tert-OH is 4. The Labute approximate surface area is 506 Å². The normalized spacial score (nSPS) is 22.8. The van der Waals surface area contributed by atoms with E-state index in [1.54, 1.807) is 66.9 Å². The molecule has 8 amide bonds. The van der Waals surface area contributed by atoms with Crippen LogP contribution in [-0.2, 0) is 70.6 Å². The Balaban J connectivity index is 1.26. The van der Waals surface area contributed by atoms with Gasteiger partial charge in [-0.2, -0.15) is 0 Å². The smallest absolute Gasteiger partial charge is 0.245 e. The van der Waals surface area contributed by atoms with Gasteiger partial charge in [0.25, 0.3) is 0 Å². The maximum absolute atomic E-state index is 15.1. The van der Waals surface area contributed by atoms with Gasteiger partial charge in [-0.05, 0) is 81.7 Å². The molecule has 1 fully saturated rings. The van der Waals surface area contributed by atoms with Crippen LogP contribution in [0.4, 0.5) is 0 Å². The summed E-state index contributed by atoms with van der Waals surface area (Å²) in [7, 11) is 1.96. The number of fused-ring (bicyclic) bond motifs is 2. The predicted molar refractivity (Wildman–Crippen MR) is 323 cm³/mol. The van der Waals surface area contributed by atoms with Crippen molar-refractivity contribution in [2.45, 2.75) is 158 Å². The number of benzene rings is 3. The number of hydrogen-bond acceptors (Lipinski definition) is 17. The molecule has 464 valence electrons. The van der Waals surface area contributed by atoms with E-state index in [1.165, 1.54) is 18.5 Å². The number of rotatable bonds is 20. The molecule has 11 unspecified atom stereocenters. The molecule has 3 heterocycles. The number of H-pyrrole nitrogens is 1. The number of nitrogens with one attached hydrogen (secondary N) is 9. The number of hydrogen-bond donors (Lipinski definition) is 14. The van der Waals surface area contributed by atoms with E-state index in [-0.39, 0.29) is 50.3 Å². The third kappa shape index (κ3) is 19.0. The van der Waals surface area contributed by atoms with Crippen LogP contribution < -0.4 is 48.3 Å². The molecule has 3 aromatic carbocycles. The molecule has 0 bridgehead atoms. The van der Waals surface area contributed by atoms with E-state index < -0.39 is 121 Å². The number of carbonyl (C=O) groups is 8. The summed E-state index contributed by atoms with van der Waals surface area (Å²) in [5.74, 6) is -7.21. The molecule has 2 aliphatic rings. The highest BCUT2D eigenvalue weighted by Gasteiger charge is 2.37. The van der Waals surface area contributed by atoms with Gasteiger partial charge in [0.2, 0.25) is 47.3 Å². The van der Waals surface area contributed by atoms with Gasteiger partial charge >= 0.3 is 0 Å². The predicted octanol–water partition coefficient (Wildman–Crippen LogP) is -0.206. The van der Waals surface area contributed by atoms with Crippen molar-refractivity contribution in [3.05, 3.63) is 119 Å². The summed E-state index contributed by atoms with van der Waals surface area (Å²) in [6.45, 7) is 1.79. The molecule has 0 spiro atoms. The van der Waals surface area contributed by atoms with Crippen LogP contribution in [-0.4, -0.2) is 173 Å². The van der Waals surface area contributed by atoms with Gasteiger partial charge in [0.15, 0.2) is 0 Å². The average molecular weight is 1230 g/mol. The van der Waals surface area contributed by atoms with E-state index in [1.807, 2.05) is 24.3 Å². The van der Waals surface area contributed by atoms with E-state index >= 15 is 9.59 Å². The molecule has 2 aromatic heterocycles. The highest BCUT2D eigenvalue weighted by atomic mass is 33.1. The van der Waals surface area contributed by atoms with Crippen molar-refractivity contribution < 1.29 is 58.8 Å². The monoisotopic (exact) mass is 1230 g/mol. The van der Waals surface area contributed by atoms with Gasteiger partial charge in [0.05, 0.1) is 36.7 Å². The lowest BCUT2D eigenvalue weighted by molar-refractivity contribution is -0.136. The van der Waals surface area contributed by atoms with Crippen LogP contribution in [0, 0.1) is 0 Å². The Hall–Kier alpha value is -7.40. The molecule has 15 N–H and O–H groups in total. The number of carbonyl (C=O) groups excluding carboxylic acids is 8. The second-order valence-electron chi connectivity index (χ2n) is 21.7. The highest BCUT2D eigenvalue weighted by Crippen LogP contribution is 2.27. The van der Waals surface area contributed by atoms with Crippen LogP contribution in [0.25, 0.3) is 10.9 Å². The summed E-state index contributed by atoms with van der Waals surface area (Å²) in [6, 6.07) is 13.5. The molecule has 0 radical (unpaired) electrons. The van der Waals surface area contributed by atoms with Crippen LogP contribution in [0.2, 0.25) is 0 Å². The summed E-state index contributed by atoms with van der Waals surface area (Å²) in [6.07, 6.45) is 1.99. The standard InChI is InChI=1S/C59H79N13O12S2/c1-34(74)45(31-73)66-58(83)47-33-86-85-32-46(67-54(79)42(26-36-16-6-3-7-17-36)62-50(77)30-72-48-23-10-5-11-24-49(76)52(48)70-71-72)57(82)64-43(27-37-18-8-4-9-19-37)55(80)65-44(28-38-29-61-40-21-13-12-20-39(38)40)56(81)63-41(22-14-15-25-60)53(78)69-51(35(2)75)59(84)68-47/h3-4,6-9,12-13,16-21,29,34-35,41-47,49,51,61,73-76H,5,10-11,14-15,22-28,30-33,60H2,1-2H3,(H,62,77)(H,63,81)(H,64,82)(H,65,80)(H,66,83)(H,67,79)(H,68,84)(H,69,78). The third-order valence-corrected chi connectivity index (χ3v) is 17.4. The largest absolute Gasteiger partial charge is 0.394 e. The molecular weight excluding hydrogens is 1150 g/mol. The number of nitrogens with two attached hydrogens (primary N) is 1. The Morgan fingerprint density at radius 1 is 0.744 bits per heavy atom. The van der Waals surface area contributed by atoms with E-state index in [0.29, 0.717) is 53.8 Å². The summed E-state index contributed by atoms with van der Waals surface area (Å²) in [5, 5.41) is 73.1. The number of amides is 8. The molecule has 1 saturated heterocycles. The van der Waals surface area contributed by atoms with Crippen molar-refractivity contribution >= 4 is 79.7 Å². The van der Waals surface area contributed by atoms with Crippen LogP contribution >= 0.6 is 21.6 Å². The van der Waals surface area contributed by atoms with E-state index in [9.17, 15) is 49.2 Å². The fraction of sp³-hybridized carbons (Fsp3) is 0.492. The van der Waals surface area contributed by atoms with Crippen molar-refractivity contribution in [3.63, 3.8) is 0 Å². The molecule has 1 aliphatic heterocycles. The summed E-state index contributed by atoms with van der Waals surface area (Å²) < 4.78 is 1.41. The zero-order valence-corrected chi connectivity index (χ0v) is 49.7. The Morgan fingerprint density at radius 2 is 1.40 bits per heavy atom. The lowest BCUT2D eigenvalue weighted by atomic mass is 9.99. The van der Waals surface area contributed by atoms with Crippen molar-refractivity contribution in [2.24, 2.45) is 5.73 Å². The van der Waals surface area contributed by atoms with Gasteiger partial charge < -0.3 is 73.7 Å². The zero-order valence-electron chi connectivity index (χ0n) is 48.1. The Kier molecular flexibility index (Phi) is 25.3. The van der Waals surface area contributed by atoms with E-state index in [0.717, 1.165) is 51.8 Å². The van der Waals surface area contributed by atoms with Crippen molar-refractivity contribution in [3.8, 4) is 0 Å². The first kappa shape index (κ1) is 66.1. The van der Waals surface area contributed by atoms with Crippen molar-refractivity contribution in [2.75, 3.05) is 24.7 Å². The first-order valence-electron chi connectivity index (χ1n) is 29.0. The van der Waals surface area contributed by atoms with Gasteiger partial charge in [0.1, 0.15) is 54.5 Å². The molecule has 11 atom stereocenters. The van der Waals surface area contributed by atoms with Gasteiger partial charge in [-0.15, -0.1) is 5.10 Å². The third-order valence-electron chi connectivity index (χ3n) is 15.0. The summed E-state index contributed by atoms with van der Waals surface area (Å²) >= 11 is 0. The molecule has 0 saturated carbocycles. The first-order valence-corrected chi connectivity index (χ1v) is 31.5. The number of para-hydroxylation sites is 1. The Morgan fingerprint density at radius 3 is 2.09 bits per heavy atom. The lowest BCUT2D eigenvalue weighted by Gasteiger charge is -2.29. The molecule has 86 heavy (non-hydrogen) atoms. The van der Waals surface area contributed by atoms with Crippen molar-refractivity contribution in [1.82, 2.24) is 62.5 Å². The van der Waals surface area contributed by atoms with Crippen LogP contribution in [0.15, 0.2) is 91.1 Å². The number of unbranched alkanes of at least 4 members (excludes halogenated alkanes) is 1. The maximum Gasteiger partial charge on any atom is 0.245 e. The van der Waals surface area contributed by atoms with Gasteiger partial charge in [-0.3, -0.25) is 38.4 Å². The van der Waals surface area contributed by atoms with Crippen LogP contribution in [0.1, 0.15) is 93.0 Å². The first-order chi connectivity index (χ1) is 41.4.